The molecule has 0 aromatic rings. The van der Waals surface area contributed by atoms with Gasteiger partial charge in [-0.25, -0.2) is 0 Å². The van der Waals surface area contributed by atoms with Crippen molar-refractivity contribution in [1.82, 2.24) is 0 Å². The van der Waals surface area contributed by atoms with Crippen molar-refractivity contribution in [3.63, 3.8) is 0 Å². The van der Waals surface area contributed by atoms with E-state index >= 15 is 0 Å². The van der Waals surface area contributed by atoms with Crippen molar-refractivity contribution >= 4 is 0 Å². The SMILES string of the molecule is CCC1(COC(C)COCC(C)OCC2(CC)COC2)COC1. The van der Waals surface area contributed by atoms with Crippen LogP contribution in [0.1, 0.15) is 40.5 Å². The van der Waals surface area contributed by atoms with E-state index in [2.05, 4.69) is 27.7 Å². The van der Waals surface area contributed by atoms with Crippen LogP contribution in [0.2, 0.25) is 0 Å². The van der Waals surface area contributed by atoms with Crippen molar-refractivity contribution in [3.8, 4) is 0 Å². The Morgan fingerprint density at radius 3 is 1.43 bits per heavy atom. The van der Waals surface area contributed by atoms with E-state index in [0.29, 0.717) is 13.2 Å². The second-order valence-electron chi connectivity index (χ2n) is 7.47. The minimum absolute atomic E-state index is 0.105. The molecule has 5 heteroatoms. The molecule has 0 N–H and O–H groups in total. The minimum atomic E-state index is 0.105. The highest BCUT2D eigenvalue weighted by molar-refractivity contribution is 4.85. The van der Waals surface area contributed by atoms with Gasteiger partial charge in [0.2, 0.25) is 0 Å². The topological polar surface area (TPSA) is 46.2 Å². The summed E-state index contributed by atoms with van der Waals surface area (Å²) in [6, 6.07) is 0. The van der Waals surface area contributed by atoms with Gasteiger partial charge in [0.1, 0.15) is 0 Å². The molecule has 0 spiro atoms. The summed E-state index contributed by atoms with van der Waals surface area (Å²) in [6.45, 7) is 14.6. The first-order valence-electron chi connectivity index (χ1n) is 8.99. The van der Waals surface area contributed by atoms with E-state index < -0.39 is 0 Å². The zero-order valence-electron chi connectivity index (χ0n) is 15.3. The molecule has 2 fully saturated rings. The van der Waals surface area contributed by atoms with Crippen LogP contribution in [0.4, 0.5) is 0 Å². The maximum Gasteiger partial charge on any atom is 0.0780 e. The van der Waals surface area contributed by atoms with Gasteiger partial charge in [-0.15, -0.1) is 0 Å². The summed E-state index contributed by atoms with van der Waals surface area (Å²) in [6.07, 6.45) is 2.42. The minimum Gasteiger partial charge on any atom is -0.380 e. The van der Waals surface area contributed by atoms with E-state index in [0.717, 1.165) is 52.5 Å². The van der Waals surface area contributed by atoms with E-state index in [-0.39, 0.29) is 23.0 Å². The number of hydrogen-bond acceptors (Lipinski definition) is 5. The molecule has 2 aliphatic heterocycles. The molecule has 0 aromatic heterocycles. The normalized spacial score (nSPS) is 24.5. The lowest BCUT2D eigenvalue weighted by Gasteiger charge is -2.41. The Kier molecular flexibility index (Phi) is 7.29. The summed E-state index contributed by atoms with van der Waals surface area (Å²) in [7, 11) is 0. The molecule has 2 rings (SSSR count). The van der Waals surface area contributed by atoms with Gasteiger partial charge >= 0.3 is 0 Å². The van der Waals surface area contributed by atoms with Crippen molar-refractivity contribution in [2.45, 2.75) is 52.7 Å². The molecule has 2 atom stereocenters. The van der Waals surface area contributed by atoms with Gasteiger partial charge in [0, 0.05) is 10.8 Å². The molecule has 0 bridgehead atoms. The number of hydrogen-bond donors (Lipinski definition) is 0. The summed E-state index contributed by atoms with van der Waals surface area (Å²) < 4.78 is 28.2. The highest BCUT2D eigenvalue weighted by atomic mass is 16.6. The smallest absolute Gasteiger partial charge is 0.0780 e. The van der Waals surface area contributed by atoms with Crippen molar-refractivity contribution in [3.05, 3.63) is 0 Å². The van der Waals surface area contributed by atoms with Crippen molar-refractivity contribution in [1.29, 1.82) is 0 Å². The second-order valence-corrected chi connectivity index (χ2v) is 7.47. The first-order chi connectivity index (χ1) is 11.0. The van der Waals surface area contributed by atoms with Gasteiger partial charge in [0.15, 0.2) is 0 Å². The van der Waals surface area contributed by atoms with Crippen LogP contribution in [0.3, 0.4) is 0 Å². The first kappa shape index (κ1) is 19.1. The van der Waals surface area contributed by atoms with Gasteiger partial charge in [0.05, 0.1) is 65.1 Å². The molecule has 2 saturated heterocycles. The standard InChI is InChI=1S/C18H34O5/c1-5-17(9-20-10-17)13-22-15(3)7-19-8-16(4)23-14-18(6-2)11-21-12-18/h15-16H,5-14H2,1-4H3. The van der Waals surface area contributed by atoms with E-state index in [9.17, 15) is 0 Å². The second kappa shape index (κ2) is 8.77. The van der Waals surface area contributed by atoms with Crippen molar-refractivity contribution < 1.29 is 23.7 Å². The van der Waals surface area contributed by atoms with Gasteiger partial charge < -0.3 is 23.7 Å². The van der Waals surface area contributed by atoms with Gasteiger partial charge in [-0.1, -0.05) is 13.8 Å². The molecule has 0 radical (unpaired) electrons. The van der Waals surface area contributed by atoms with Gasteiger partial charge in [0.25, 0.3) is 0 Å². The number of rotatable bonds is 12. The molecule has 5 nitrogen and oxygen atoms in total. The van der Waals surface area contributed by atoms with Crippen molar-refractivity contribution in [2.24, 2.45) is 10.8 Å². The summed E-state index contributed by atoms with van der Waals surface area (Å²) in [5.41, 5.74) is 0.480. The predicted octanol–water partition coefficient (Wildman–Crippen LogP) is 2.67. The maximum atomic E-state index is 5.92. The van der Waals surface area contributed by atoms with Gasteiger partial charge in [-0.2, -0.15) is 0 Å². The Morgan fingerprint density at radius 2 is 1.17 bits per heavy atom. The molecule has 136 valence electrons. The zero-order chi connectivity index (χ0) is 16.8. The fraction of sp³-hybridized carbons (Fsp3) is 1.00. The molecule has 0 aliphatic carbocycles. The summed E-state index contributed by atoms with van der Waals surface area (Å²) >= 11 is 0. The fourth-order valence-electron chi connectivity index (χ4n) is 2.69. The van der Waals surface area contributed by atoms with Crippen LogP contribution < -0.4 is 0 Å². The van der Waals surface area contributed by atoms with E-state index in [1.165, 1.54) is 0 Å². The third-order valence-electron chi connectivity index (χ3n) is 5.19. The third kappa shape index (κ3) is 5.40. The highest BCUT2D eigenvalue weighted by Crippen LogP contribution is 2.32. The zero-order valence-corrected chi connectivity index (χ0v) is 15.3. The van der Waals surface area contributed by atoms with Gasteiger partial charge in [-0.05, 0) is 26.7 Å². The lowest BCUT2D eigenvalue weighted by atomic mass is 9.84. The van der Waals surface area contributed by atoms with Crippen LogP contribution in [0.15, 0.2) is 0 Å². The average Bonchev–Trinajstić information content (AvgIpc) is 2.46. The molecule has 0 amide bonds. The summed E-state index contributed by atoms with van der Waals surface area (Å²) in [5.74, 6) is 0. The lowest BCUT2D eigenvalue weighted by Crippen LogP contribution is -2.47. The quantitative estimate of drug-likeness (QED) is 0.550. The van der Waals surface area contributed by atoms with Crippen molar-refractivity contribution in [2.75, 3.05) is 52.9 Å². The van der Waals surface area contributed by atoms with Crippen LogP contribution in [0.25, 0.3) is 0 Å². The van der Waals surface area contributed by atoms with E-state index in [1.54, 1.807) is 0 Å². The summed E-state index contributed by atoms with van der Waals surface area (Å²) in [5, 5.41) is 0. The maximum absolute atomic E-state index is 5.92. The van der Waals surface area contributed by atoms with Crippen LogP contribution >= 0.6 is 0 Å². The monoisotopic (exact) mass is 330 g/mol. The largest absolute Gasteiger partial charge is 0.380 e. The Morgan fingerprint density at radius 1 is 0.783 bits per heavy atom. The predicted molar refractivity (Wildman–Crippen MR) is 88.7 cm³/mol. The molecule has 23 heavy (non-hydrogen) atoms. The van der Waals surface area contributed by atoms with Crippen LogP contribution in [0, 0.1) is 10.8 Å². The fourth-order valence-corrected chi connectivity index (χ4v) is 2.69. The molecular weight excluding hydrogens is 296 g/mol. The third-order valence-corrected chi connectivity index (χ3v) is 5.19. The lowest BCUT2D eigenvalue weighted by molar-refractivity contribution is -0.171. The highest BCUT2D eigenvalue weighted by Gasteiger charge is 2.38. The molecule has 2 unspecified atom stereocenters. The summed E-state index contributed by atoms with van der Waals surface area (Å²) in [4.78, 5) is 0. The van der Waals surface area contributed by atoms with Crippen LogP contribution in [-0.2, 0) is 23.7 Å². The molecule has 0 aromatic carbocycles. The van der Waals surface area contributed by atoms with Gasteiger partial charge in [-0.3, -0.25) is 0 Å². The van der Waals surface area contributed by atoms with Crippen LogP contribution in [-0.4, -0.2) is 65.1 Å². The molecular formula is C18H34O5. The Balaban J connectivity index is 1.51. The average molecular weight is 330 g/mol. The van der Waals surface area contributed by atoms with Crippen LogP contribution in [0.5, 0.6) is 0 Å². The number of ether oxygens (including phenoxy) is 5. The molecule has 2 heterocycles. The molecule has 0 saturated carbocycles. The Hall–Kier alpha value is -0.200. The molecule has 2 aliphatic rings. The van der Waals surface area contributed by atoms with E-state index in [4.69, 9.17) is 23.7 Å². The van der Waals surface area contributed by atoms with E-state index in [1.807, 2.05) is 0 Å². The first-order valence-corrected chi connectivity index (χ1v) is 8.99. The Bertz CT molecular complexity index is 295. The Labute approximate surface area is 140 Å².